The largest absolute Gasteiger partial charge is 0.368 e. The summed E-state index contributed by atoms with van der Waals surface area (Å²) in [5.74, 6) is -0.881. The fourth-order valence-corrected chi connectivity index (χ4v) is 2.24. The van der Waals surface area contributed by atoms with E-state index >= 15 is 0 Å². The zero-order valence-corrected chi connectivity index (χ0v) is 11.6. The van der Waals surface area contributed by atoms with Gasteiger partial charge in [0, 0.05) is 18.2 Å². The van der Waals surface area contributed by atoms with Crippen molar-refractivity contribution in [3.05, 3.63) is 35.4 Å². The second-order valence-corrected chi connectivity index (χ2v) is 5.11. The summed E-state index contributed by atoms with van der Waals surface area (Å²) in [5.41, 5.74) is 6.77. The van der Waals surface area contributed by atoms with Gasteiger partial charge in [-0.15, -0.1) is 0 Å². The second-order valence-electron chi connectivity index (χ2n) is 4.12. The molecule has 0 unspecified atom stereocenters. The molecule has 0 aliphatic carbocycles. The molecule has 0 spiro atoms. The van der Waals surface area contributed by atoms with Crippen LogP contribution in [-0.4, -0.2) is 28.7 Å². The number of nitrogens with two attached hydrogens (primary N) is 1. The lowest BCUT2D eigenvalue weighted by Crippen LogP contribution is -2.45. The Morgan fingerprint density at radius 2 is 1.84 bits per heavy atom. The third kappa shape index (κ3) is 5.13. The minimum atomic E-state index is -0.836. The maximum atomic E-state index is 11.9. The van der Waals surface area contributed by atoms with Gasteiger partial charge in [0.1, 0.15) is 6.04 Å². The lowest BCUT2D eigenvalue weighted by molar-refractivity contribution is -0.125. The molecular formula is C13H16N2O3S. The number of carbonyl (C=O) groups excluding carboxylic acids is 3. The SMILES string of the molecule is CC(=O)N[C@@H](CSC(=O)c1ccc(C)cc1)C(N)=O. The molecule has 1 rings (SSSR count). The van der Waals surface area contributed by atoms with Gasteiger partial charge in [0.15, 0.2) is 0 Å². The third-order valence-electron chi connectivity index (χ3n) is 2.39. The molecule has 6 heteroatoms. The minimum absolute atomic E-state index is 0.127. The molecule has 1 aromatic rings. The van der Waals surface area contributed by atoms with E-state index in [1.807, 2.05) is 19.1 Å². The van der Waals surface area contributed by atoms with Crippen molar-refractivity contribution in [2.45, 2.75) is 19.9 Å². The molecule has 1 aromatic carbocycles. The summed E-state index contributed by atoms with van der Waals surface area (Å²) >= 11 is 0.959. The Morgan fingerprint density at radius 1 is 1.26 bits per heavy atom. The fourth-order valence-electron chi connectivity index (χ4n) is 1.37. The number of hydrogen-bond acceptors (Lipinski definition) is 4. The van der Waals surface area contributed by atoms with Crippen LogP contribution >= 0.6 is 11.8 Å². The van der Waals surface area contributed by atoms with Crippen LogP contribution in [-0.2, 0) is 9.59 Å². The Balaban J connectivity index is 2.59. The molecule has 0 aliphatic rings. The van der Waals surface area contributed by atoms with Crippen LogP contribution in [0.2, 0.25) is 0 Å². The normalized spacial score (nSPS) is 11.7. The number of hydrogen-bond donors (Lipinski definition) is 2. The highest BCUT2D eigenvalue weighted by molar-refractivity contribution is 8.14. The first kappa shape index (κ1) is 15.2. The quantitative estimate of drug-likeness (QED) is 0.837. The Labute approximate surface area is 115 Å². The topological polar surface area (TPSA) is 89.3 Å². The lowest BCUT2D eigenvalue weighted by atomic mass is 10.2. The van der Waals surface area contributed by atoms with E-state index in [0.29, 0.717) is 5.56 Å². The average molecular weight is 280 g/mol. The van der Waals surface area contributed by atoms with Crippen molar-refractivity contribution in [2.75, 3.05) is 5.75 Å². The molecule has 19 heavy (non-hydrogen) atoms. The number of rotatable bonds is 5. The molecule has 102 valence electrons. The molecule has 0 aromatic heterocycles. The summed E-state index contributed by atoms with van der Waals surface area (Å²) in [5, 5.41) is 2.25. The maximum Gasteiger partial charge on any atom is 0.240 e. The number of benzene rings is 1. The standard InChI is InChI=1S/C13H16N2O3S/c1-8-3-5-10(6-4-8)13(18)19-7-11(12(14)17)15-9(2)16/h3-6,11H,7H2,1-2H3,(H2,14,17)(H,15,16)/t11-/m0/s1. The van der Waals surface area contributed by atoms with Crippen molar-refractivity contribution in [1.82, 2.24) is 5.32 Å². The van der Waals surface area contributed by atoms with Crippen LogP contribution in [0, 0.1) is 6.92 Å². The summed E-state index contributed by atoms with van der Waals surface area (Å²) in [7, 11) is 0. The van der Waals surface area contributed by atoms with Crippen molar-refractivity contribution in [3.8, 4) is 0 Å². The van der Waals surface area contributed by atoms with Crippen LogP contribution in [0.15, 0.2) is 24.3 Å². The van der Waals surface area contributed by atoms with Crippen molar-refractivity contribution in [3.63, 3.8) is 0 Å². The van der Waals surface area contributed by atoms with Crippen molar-refractivity contribution in [2.24, 2.45) is 5.73 Å². The van der Waals surface area contributed by atoms with E-state index in [1.165, 1.54) is 6.92 Å². The molecule has 0 fully saturated rings. The number of amides is 2. The molecule has 0 radical (unpaired) electrons. The van der Waals surface area contributed by atoms with Crippen molar-refractivity contribution >= 4 is 28.7 Å². The first-order chi connectivity index (χ1) is 8.90. The average Bonchev–Trinajstić information content (AvgIpc) is 2.34. The monoisotopic (exact) mass is 280 g/mol. The van der Waals surface area contributed by atoms with E-state index in [-0.39, 0.29) is 16.8 Å². The molecular weight excluding hydrogens is 264 g/mol. The van der Waals surface area contributed by atoms with Gasteiger partial charge in [0.25, 0.3) is 0 Å². The predicted molar refractivity (Wildman–Crippen MR) is 74.8 cm³/mol. The summed E-state index contributed by atoms with van der Waals surface area (Å²) < 4.78 is 0. The molecule has 0 heterocycles. The highest BCUT2D eigenvalue weighted by Gasteiger charge is 2.18. The summed E-state index contributed by atoms with van der Waals surface area (Å²) in [6.07, 6.45) is 0. The predicted octanol–water partition coefficient (Wildman–Crippen LogP) is 0.858. The van der Waals surface area contributed by atoms with Crippen molar-refractivity contribution < 1.29 is 14.4 Å². The van der Waals surface area contributed by atoms with Crippen LogP contribution < -0.4 is 11.1 Å². The van der Waals surface area contributed by atoms with Crippen LogP contribution in [0.3, 0.4) is 0 Å². The number of aryl methyl sites for hydroxylation is 1. The van der Waals surface area contributed by atoms with Gasteiger partial charge < -0.3 is 11.1 Å². The first-order valence-corrected chi connectivity index (χ1v) is 6.69. The molecule has 0 saturated heterocycles. The van der Waals surface area contributed by atoms with Gasteiger partial charge in [-0.05, 0) is 6.92 Å². The van der Waals surface area contributed by atoms with Gasteiger partial charge >= 0.3 is 0 Å². The van der Waals surface area contributed by atoms with E-state index < -0.39 is 11.9 Å². The van der Waals surface area contributed by atoms with Gasteiger partial charge in [-0.3, -0.25) is 14.4 Å². The van der Waals surface area contributed by atoms with E-state index in [0.717, 1.165) is 17.3 Å². The second kappa shape index (κ2) is 6.94. The lowest BCUT2D eigenvalue weighted by Gasteiger charge is -2.13. The Morgan fingerprint density at radius 3 is 2.32 bits per heavy atom. The van der Waals surface area contributed by atoms with E-state index in [2.05, 4.69) is 5.32 Å². The fraction of sp³-hybridized carbons (Fsp3) is 0.308. The number of primary amides is 1. The van der Waals surface area contributed by atoms with E-state index in [1.54, 1.807) is 12.1 Å². The zero-order chi connectivity index (χ0) is 14.4. The summed E-state index contributed by atoms with van der Waals surface area (Å²) in [6, 6.07) is 6.29. The third-order valence-corrected chi connectivity index (χ3v) is 3.39. The Hall–Kier alpha value is -1.82. The first-order valence-electron chi connectivity index (χ1n) is 5.70. The van der Waals surface area contributed by atoms with E-state index in [4.69, 9.17) is 5.73 Å². The van der Waals surface area contributed by atoms with Gasteiger partial charge in [-0.2, -0.15) is 0 Å². The molecule has 0 aliphatic heterocycles. The number of thioether (sulfide) groups is 1. The van der Waals surface area contributed by atoms with Crippen molar-refractivity contribution in [1.29, 1.82) is 0 Å². The van der Waals surface area contributed by atoms with Gasteiger partial charge in [-0.25, -0.2) is 0 Å². The number of carbonyl (C=O) groups is 3. The highest BCUT2D eigenvalue weighted by atomic mass is 32.2. The van der Waals surface area contributed by atoms with Gasteiger partial charge in [0.2, 0.25) is 16.9 Å². The highest BCUT2D eigenvalue weighted by Crippen LogP contribution is 2.14. The van der Waals surface area contributed by atoms with Gasteiger partial charge in [-0.1, -0.05) is 41.6 Å². The molecule has 3 N–H and O–H groups in total. The Kier molecular flexibility index (Phi) is 5.57. The van der Waals surface area contributed by atoms with Gasteiger partial charge in [0.05, 0.1) is 0 Å². The number of nitrogens with one attached hydrogen (secondary N) is 1. The Bertz CT molecular complexity index is 485. The molecule has 0 saturated carbocycles. The van der Waals surface area contributed by atoms with Crippen LogP contribution in [0.4, 0.5) is 0 Å². The zero-order valence-electron chi connectivity index (χ0n) is 10.8. The smallest absolute Gasteiger partial charge is 0.240 e. The van der Waals surface area contributed by atoms with Crippen LogP contribution in [0.5, 0.6) is 0 Å². The van der Waals surface area contributed by atoms with E-state index in [9.17, 15) is 14.4 Å². The van der Waals surface area contributed by atoms with Crippen LogP contribution in [0.25, 0.3) is 0 Å². The molecule has 5 nitrogen and oxygen atoms in total. The summed E-state index contributed by atoms with van der Waals surface area (Å²) in [4.78, 5) is 33.9. The summed E-state index contributed by atoms with van der Waals surface area (Å²) in [6.45, 7) is 3.23. The molecule has 2 amide bonds. The molecule has 1 atom stereocenters. The molecule has 0 bridgehead atoms. The van der Waals surface area contributed by atoms with Crippen LogP contribution in [0.1, 0.15) is 22.8 Å². The minimum Gasteiger partial charge on any atom is -0.368 e. The maximum absolute atomic E-state index is 11.9.